The van der Waals surface area contributed by atoms with Crippen molar-refractivity contribution in [1.29, 1.82) is 5.26 Å². The third-order valence-electron chi connectivity index (χ3n) is 4.42. The fraction of sp³-hybridized carbons (Fsp3) is 0.278. The van der Waals surface area contributed by atoms with Crippen LogP contribution in [0.25, 0.3) is 0 Å². The number of primary amides is 1. The zero-order chi connectivity index (χ0) is 17.8. The standard InChI is InChI=1S/C18H20N6O/c19-12-14-6-7-15(22-17(14)20)23-8-10-24(11-9-23)16(18(21)25)13-4-2-1-3-5-13/h1-7,16H,8-11H2,(H2,20,22)(H2,21,25). The molecule has 1 atom stereocenters. The van der Waals surface area contributed by atoms with Gasteiger partial charge in [0.25, 0.3) is 0 Å². The number of benzene rings is 1. The van der Waals surface area contributed by atoms with Gasteiger partial charge in [0.2, 0.25) is 5.91 Å². The Hall–Kier alpha value is -3.11. The quantitative estimate of drug-likeness (QED) is 0.857. The summed E-state index contributed by atoms with van der Waals surface area (Å²) in [7, 11) is 0. The van der Waals surface area contributed by atoms with Crippen LogP contribution in [0.5, 0.6) is 0 Å². The number of nitrogen functional groups attached to an aromatic ring is 1. The Balaban J connectivity index is 1.71. The van der Waals surface area contributed by atoms with Gasteiger partial charge in [0.15, 0.2) is 0 Å². The SMILES string of the molecule is N#Cc1ccc(N2CCN(C(C(N)=O)c3ccccc3)CC2)nc1N. The van der Waals surface area contributed by atoms with E-state index < -0.39 is 6.04 Å². The maximum Gasteiger partial charge on any atom is 0.239 e. The number of piperazine rings is 1. The lowest BCUT2D eigenvalue weighted by molar-refractivity contribution is -0.123. The van der Waals surface area contributed by atoms with Gasteiger partial charge in [-0.05, 0) is 17.7 Å². The normalized spacial score (nSPS) is 16.2. The smallest absolute Gasteiger partial charge is 0.239 e. The second-order valence-electron chi connectivity index (χ2n) is 5.95. The highest BCUT2D eigenvalue weighted by molar-refractivity contribution is 5.81. The molecule has 1 aliphatic rings. The summed E-state index contributed by atoms with van der Waals surface area (Å²) in [6.45, 7) is 2.78. The topological polar surface area (TPSA) is 112 Å². The summed E-state index contributed by atoms with van der Waals surface area (Å²) in [6, 6.07) is 14.6. The average molecular weight is 336 g/mol. The van der Waals surface area contributed by atoms with Crippen molar-refractivity contribution in [3.63, 3.8) is 0 Å². The van der Waals surface area contributed by atoms with Crippen LogP contribution in [0.15, 0.2) is 42.5 Å². The van der Waals surface area contributed by atoms with Crippen LogP contribution >= 0.6 is 0 Å². The van der Waals surface area contributed by atoms with Gasteiger partial charge in [-0.3, -0.25) is 9.69 Å². The zero-order valence-corrected chi connectivity index (χ0v) is 13.8. The van der Waals surface area contributed by atoms with Gasteiger partial charge in [-0.15, -0.1) is 0 Å². The molecule has 0 spiro atoms. The lowest BCUT2D eigenvalue weighted by Gasteiger charge is -2.38. The van der Waals surface area contributed by atoms with E-state index in [1.54, 1.807) is 12.1 Å². The van der Waals surface area contributed by atoms with E-state index in [-0.39, 0.29) is 11.7 Å². The highest BCUT2D eigenvalue weighted by Crippen LogP contribution is 2.24. The minimum Gasteiger partial charge on any atom is -0.383 e. The second kappa shape index (κ2) is 7.20. The molecule has 7 heteroatoms. The first-order chi connectivity index (χ1) is 12.1. The van der Waals surface area contributed by atoms with Gasteiger partial charge in [0, 0.05) is 26.2 Å². The van der Waals surface area contributed by atoms with Gasteiger partial charge in [-0.2, -0.15) is 5.26 Å². The van der Waals surface area contributed by atoms with Crippen LogP contribution in [0, 0.1) is 11.3 Å². The van der Waals surface area contributed by atoms with E-state index in [9.17, 15) is 4.79 Å². The summed E-state index contributed by atoms with van der Waals surface area (Å²) in [5.74, 6) is 0.633. The van der Waals surface area contributed by atoms with E-state index >= 15 is 0 Å². The number of carbonyl (C=O) groups is 1. The van der Waals surface area contributed by atoms with E-state index in [0.29, 0.717) is 31.7 Å². The van der Waals surface area contributed by atoms with Gasteiger partial charge >= 0.3 is 0 Å². The molecule has 0 bridgehead atoms. The Bertz CT molecular complexity index is 793. The molecule has 2 aromatic rings. The molecular weight excluding hydrogens is 316 g/mol. The van der Waals surface area contributed by atoms with E-state index in [1.165, 1.54) is 0 Å². The third-order valence-corrected chi connectivity index (χ3v) is 4.42. The number of amides is 1. The van der Waals surface area contributed by atoms with E-state index in [1.807, 2.05) is 36.4 Å². The van der Waals surface area contributed by atoms with Gasteiger partial charge < -0.3 is 16.4 Å². The van der Waals surface area contributed by atoms with Crippen molar-refractivity contribution in [3.8, 4) is 6.07 Å². The van der Waals surface area contributed by atoms with Gasteiger partial charge in [-0.25, -0.2) is 4.98 Å². The Morgan fingerprint density at radius 1 is 1.12 bits per heavy atom. The van der Waals surface area contributed by atoms with Crippen LogP contribution in [0.1, 0.15) is 17.2 Å². The maximum absolute atomic E-state index is 12.0. The van der Waals surface area contributed by atoms with Crippen molar-refractivity contribution in [2.75, 3.05) is 36.8 Å². The molecule has 4 N–H and O–H groups in total. The number of hydrogen-bond donors (Lipinski definition) is 2. The predicted octanol–water partition coefficient (Wildman–Crippen LogP) is 0.884. The number of nitrogens with two attached hydrogens (primary N) is 2. The summed E-state index contributed by atoms with van der Waals surface area (Å²) in [6.07, 6.45) is 0. The number of nitrogens with zero attached hydrogens (tertiary/aromatic N) is 4. The average Bonchev–Trinajstić information content (AvgIpc) is 2.63. The minimum atomic E-state index is -0.428. The third kappa shape index (κ3) is 3.54. The molecule has 7 nitrogen and oxygen atoms in total. The van der Waals surface area contributed by atoms with Crippen molar-refractivity contribution in [3.05, 3.63) is 53.6 Å². The molecule has 1 aromatic heterocycles. The van der Waals surface area contributed by atoms with E-state index in [2.05, 4.69) is 14.8 Å². The van der Waals surface area contributed by atoms with E-state index in [0.717, 1.165) is 11.4 Å². The van der Waals surface area contributed by atoms with Crippen molar-refractivity contribution in [2.24, 2.45) is 5.73 Å². The first kappa shape index (κ1) is 16.7. The Morgan fingerprint density at radius 2 is 1.80 bits per heavy atom. The number of aromatic nitrogens is 1. The number of anilines is 2. The zero-order valence-electron chi connectivity index (χ0n) is 13.8. The van der Waals surface area contributed by atoms with Crippen LogP contribution in [-0.4, -0.2) is 42.0 Å². The summed E-state index contributed by atoms with van der Waals surface area (Å²) in [4.78, 5) is 20.5. The molecule has 1 fully saturated rings. The van der Waals surface area contributed by atoms with Crippen LogP contribution in [-0.2, 0) is 4.79 Å². The molecular formula is C18H20N6O. The van der Waals surface area contributed by atoms with Gasteiger partial charge in [0.1, 0.15) is 23.7 Å². The van der Waals surface area contributed by atoms with Gasteiger partial charge in [-0.1, -0.05) is 30.3 Å². The summed E-state index contributed by atoms with van der Waals surface area (Å²) in [5, 5.41) is 8.94. The second-order valence-corrected chi connectivity index (χ2v) is 5.95. The first-order valence-electron chi connectivity index (χ1n) is 8.10. The van der Waals surface area contributed by atoms with Crippen molar-refractivity contribution >= 4 is 17.5 Å². The Kier molecular flexibility index (Phi) is 4.82. The number of rotatable bonds is 4. The molecule has 128 valence electrons. The monoisotopic (exact) mass is 336 g/mol. The number of nitriles is 1. The molecule has 0 aliphatic carbocycles. The van der Waals surface area contributed by atoms with Crippen LogP contribution in [0.4, 0.5) is 11.6 Å². The molecule has 0 saturated carbocycles. The predicted molar refractivity (Wildman–Crippen MR) is 95.5 cm³/mol. The molecule has 1 aromatic carbocycles. The number of hydrogen-bond acceptors (Lipinski definition) is 6. The maximum atomic E-state index is 12.0. The molecule has 1 unspecified atom stereocenters. The molecule has 2 heterocycles. The van der Waals surface area contributed by atoms with Crippen LogP contribution in [0.2, 0.25) is 0 Å². The first-order valence-corrected chi connectivity index (χ1v) is 8.10. The molecule has 25 heavy (non-hydrogen) atoms. The van der Waals surface area contributed by atoms with E-state index in [4.69, 9.17) is 16.7 Å². The van der Waals surface area contributed by atoms with Crippen LogP contribution in [0.3, 0.4) is 0 Å². The molecule has 0 radical (unpaired) electrons. The molecule has 1 saturated heterocycles. The summed E-state index contributed by atoms with van der Waals surface area (Å²) < 4.78 is 0. The highest BCUT2D eigenvalue weighted by Gasteiger charge is 2.29. The lowest BCUT2D eigenvalue weighted by atomic mass is 10.0. The fourth-order valence-corrected chi connectivity index (χ4v) is 3.13. The van der Waals surface area contributed by atoms with Gasteiger partial charge in [0.05, 0.1) is 5.56 Å². The van der Waals surface area contributed by atoms with Crippen molar-refractivity contribution in [2.45, 2.75) is 6.04 Å². The molecule has 3 rings (SSSR count). The summed E-state index contributed by atoms with van der Waals surface area (Å²) >= 11 is 0. The van der Waals surface area contributed by atoms with Crippen LogP contribution < -0.4 is 16.4 Å². The largest absolute Gasteiger partial charge is 0.383 e. The summed E-state index contributed by atoms with van der Waals surface area (Å²) in [5.41, 5.74) is 12.7. The number of carbonyl (C=O) groups excluding carboxylic acids is 1. The van der Waals surface area contributed by atoms with Crippen molar-refractivity contribution < 1.29 is 4.79 Å². The molecule has 1 aliphatic heterocycles. The minimum absolute atomic E-state index is 0.238. The Morgan fingerprint density at radius 3 is 2.36 bits per heavy atom. The number of pyridine rings is 1. The highest BCUT2D eigenvalue weighted by atomic mass is 16.1. The lowest BCUT2D eigenvalue weighted by Crippen LogP contribution is -2.50. The Labute approximate surface area is 146 Å². The van der Waals surface area contributed by atoms with Crippen molar-refractivity contribution in [1.82, 2.24) is 9.88 Å². The molecule has 1 amide bonds. The fourth-order valence-electron chi connectivity index (χ4n) is 3.13.